The molecule has 35 heavy (non-hydrogen) atoms. The van der Waals surface area contributed by atoms with Crippen molar-refractivity contribution in [1.29, 1.82) is 0 Å². The fraction of sp³-hybridized carbons (Fsp3) is 0.393. The number of benzene rings is 2. The molecule has 0 heterocycles. The van der Waals surface area contributed by atoms with E-state index >= 15 is 0 Å². The van der Waals surface area contributed by atoms with E-state index in [1.807, 2.05) is 36.4 Å². The van der Waals surface area contributed by atoms with Crippen molar-refractivity contribution in [3.63, 3.8) is 0 Å². The average Bonchev–Trinajstić information content (AvgIpc) is 3.43. The van der Waals surface area contributed by atoms with Crippen LogP contribution in [0.3, 0.4) is 0 Å². The summed E-state index contributed by atoms with van der Waals surface area (Å²) in [6.07, 6.45) is 5.11. The monoisotopic (exact) mass is 476 g/mol. The molecule has 2 aromatic rings. The summed E-state index contributed by atoms with van der Waals surface area (Å²) in [6, 6.07) is 15.1. The Morgan fingerprint density at radius 1 is 1.06 bits per heavy atom. The Morgan fingerprint density at radius 3 is 2.23 bits per heavy atom. The van der Waals surface area contributed by atoms with Crippen molar-refractivity contribution in [2.45, 2.75) is 62.4 Å². The zero-order valence-electron chi connectivity index (χ0n) is 19.8. The highest BCUT2D eigenvalue weighted by molar-refractivity contribution is 5.87. The number of carbonyl (C=O) groups excluding carboxylic acids is 2. The highest BCUT2D eigenvalue weighted by Crippen LogP contribution is 2.44. The van der Waals surface area contributed by atoms with Gasteiger partial charge in [0, 0.05) is 17.9 Å². The van der Waals surface area contributed by atoms with E-state index in [0.717, 1.165) is 47.9 Å². The number of fused-ring (bicyclic) bond motifs is 3. The predicted molar refractivity (Wildman–Crippen MR) is 133 cm³/mol. The van der Waals surface area contributed by atoms with Crippen LogP contribution in [0, 0.1) is 0 Å². The molecular weight excluding hydrogens is 444 g/mol. The molecule has 1 atom stereocenters. The first-order valence-corrected chi connectivity index (χ1v) is 12.2. The third kappa shape index (κ3) is 5.56. The Hall–Kier alpha value is -3.61. The molecule has 2 amide bonds. The highest BCUT2D eigenvalue weighted by atomic mass is 16.5. The molecule has 0 aromatic heterocycles. The van der Waals surface area contributed by atoms with Crippen LogP contribution in [-0.4, -0.2) is 41.3 Å². The van der Waals surface area contributed by atoms with Crippen LogP contribution in [0.1, 0.15) is 62.0 Å². The number of alkyl carbamates (subject to hydrolysis) is 1. The molecule has 2 aliphatic rings. The lowest BCUT2D eigenvalue weighted by Gasteiger charge is -2.31. The molecule has 0 aliphatic heterocycles. The number of carboxylic acid groups (broad SMARTS) is 1. The number of aliphatic carboxylic acids is 1. The Bertz CT molecular complexity index is 1060. The van der Waals surface area contributed by atoms with Gasteiger partial charge in [0.2, 0.25) is 5.91 Å². The maximum Gasteiger partial charge on any atom is 0.407 e. The third-order valence-electron chi connectivity index (χ3n) is 7.08. The van der Waals surface area contributed by atoms with Crippen molar-refractivity contribution in [3.05, 3.63) is 72.3 Å². The number of nitrogens with one attached hydrogen (secondary N) is 2. The number of hydrogen-bond acceptors (Lipinski definition) is 4. The summed E-state index contributed by atoms with van der Waals surface area (Å²) >= 11 is 0. The van der Waals surface area contributed by atoms with Crippen LogP contribution in [0.25, 0.3) is 11.1 Å². The van der Waals surface area contributed by atoms with Crippen molar-refractivity contribution >= 4 is 18.0 Å². The molecule has 0 bridgehead atoms. The van der Waals surface area contributed by atoms with Gasteiger partial charge in [-0.25, -0.2) is 4.79 Å². The molecule has 1 unspecified atom stereocenters. The van der Waals surface area contributed by atoms with Gasteiger partial charge in [-0.15, -0.1) is 6.58 Å². The summed E-state index contributed by atoms with van der Waals surface area (Å²) in [5.41, 5.74) is 4.05. The highest BCUT2D eigenvalue weighted by Gasteiger charge is 2.36. The minimum absolute atomic E-state index is 0.0183. The van der Waals surface area contributed by atoms with Crippen molar-refractivity contribution in [1.82, 2.24) is 10.6 Å². The van der Waals surface area contributed by atoms with Crippen LogP contribution in [-0.2, 0) is 14.3 Å². The molecule has 4 rings (SSSR count). The van der Waals surface area contributed by atoms with Crippen molar-refractivity contribution in [3.8, 4) is 11.1 Å². The van der Waals surface area contributed by atoms with E-state index in [1.165, 1.54) is 0 Å². The number of ether oxygens (including phenoxy) is 1. The summed E-state index contributed by atoms with van der Waals surface area (Å²) in [7, 11) is 0. The Morgan fingerprint density at radius 2 is 1.66 bits per heavy atom. The lowest BCUT2D eigenvalue weighted by atomic mass is 9.92. The van der Waals surface area contributed by atoms with Crippen LogP contribution in [0.15, 0.2) is 61.2 Å². The van der Waals surface area contributed by atoms with Crippen LogP contribution >= 0.6 is 0 Å². The molecule has 2 aliphatic carbocycles. The SMILES string of the molecule is C=CCC1(NC(=O)C(CCC(=O)O)NC(=O)OCC2c3ccccc3-c3ccccc32)CCCC1. The van der Waals surface area contributed by atoms with Gasteiger partial charge in [-0.3, -0.25) is 9.59 Å². The fourth-order valence-electron chi connectivity index (χ4n) is 5.38. The second-order valence-electron chi connectivity index (χ2n) is 9.42. The number of carboxylic acids is 1. The van der Waals surface area contributed by atoms with E-state index in [4.69, 9.17) is 9.84 Å². The molecule has 7 heteroatoms. The van der Waals surface area contributed by atoms with Crippen molar-refractivity contribution in [2.24, 2.45) is 0 Å². The number of amides is 2. The predicted octanol–water partition coefficient (Wildman–Crippen LogP) is 4.76. The van der Waals surface area contributed by atoms with Gasteiger partial charge in [-0.2, -0.15) is 0 Å². The topological polar surface area (TPSA) is 105 Å². The average molecular weight is 477 g/mol. The van der Waals surface area contributed by atoms with Gasteiger partial charge in [0.05, 0.1) is 0 Å². The molecule has 1 fully saturated rings. The van der Waals surface area contributed by atoms with E-state index in [0.29, 0.717) is 6.42 Å². The Labute approximate surface area is 205 Å². The van der Waals surface area contributed by atoms with Gasteiger partial charge >= 0.3 is 12.1 Å². The van der Waals surface area contributed by atoms with Gasteiger partial charge in [0.1, 0.15) is 12.6 Å². The van der Waals surface area contributed by atoms with Gasteiger partial charge in [0.15, 0.2) is 0 Å². The fourth-order valence-corrected chi connectivity index (χ4v) is 5.38. The van der Waals surface area contributed by atoms with E-state index in [-0.39, 0.29) is 36.8 Å². The minimum atomic E-state index is -1.03. The number of rotatable bonds is 10. The van der Waals surface area contributed by atoms with Crippen molar-refractivity contribution < 1.29 is 24.2 Å². The lowest BCUT2D eigenvalue weighted by molar-refractivity contribution is -0.137. The summed E-state index contributed by atoms with van der Waals surface area (Å²) in [6.45, 7) is 3.92. The molecule has 2 aromatic carbocycles. The maximum atomic E-state index is 13.1. The standard InChI is InChI=1S/C28H32N2O5/c1-2-15-28(16-7-8-17-28)30-26(33)24(13-14-25(31)32)29-27(34)35-18-23-21-11-5-3-9-19(21)20-10-4-6-12-22(20)23/h2-6,9-12,23-24H,1,7-8,13-18H2,(H,29,34)(H,30,33)(H,31,32). The van der Waals surface area contributed by atoms with E-state index in [1.54, 1.807) is 6.08 Å². The summed E-state index contributed by atoms with van der Waals surface area (Å²) in [5.74, 6) is -1.52. The molecule has 3 N–H and O–H groups in total. The number of hydrogen-bond donors (Lipinski definition) is 3. The van der Waals surface area contributed by atoms with Crippen LogP contribution in [0.2, 0.25) is 0 Å². The largest absolute Gasteiger partial charge is 0.481 e. The van der Waals surface area contributed by atoms with Crippen LogP contribution < -0.4 is 10.6 Å². The first kappa shape index (κ1) is 24.5. The third-order valence-corrected chi connectivity index (χ3v) is 7.08. The molecule has 0 saturated heterocycles. The Kier molecular flexibility index (Phi) is 7.54. The quantitative estimate of drug-likeness (QED) is 0.429. The van der Waals surface area contributed by atoms with E-state index in [2.05, 4.69) is 29.3 Å². The maximum absolute atomic E-state index is 13.1. The minimum Gasteiger partial charge on any atom is -0.481 e. The summed E-state index contributed by atoms with van der Waals surface area (Å²) in [4.78, 5) is 37.0. The van der Waals surface area contributed by atoms with Gasteiger partial charge in [-0.1, -0.05) is 67.4 Å². The molecular formula is C28H32N2O5. The van der Waals surface area contributed by atoms with Gasteiger partial charge < -0.3 is 20.5 Å². The van der Waals surface area contributed by atoms with E-state index in [9.17, 15) is 14.4 Å². The zero-order chi connectivity index (χ0) is 24.8. The van der Waals surface area contributed by atoms with Crippen LogP contribution in [0.4, 0.5) is 4.79 Å². The van der Waals surface area contributed by atoms with Crippen LogP contribution in [0.5, 0.6) is 0 Å². The van der Waals surface area contributed by atoms with Gasteiger partial charge in [-0.05, 0) is 47.9 Å². The normalized spacial score (nSPS) is 16.6. The smallest absolute Gasteiger partial charge is 0.407 e. The van der Waals surface area contributed by atoms with Gasteiger partial charge in [0.25, 0.3) is 0 Å². The first-order chi connectivity index (χ1) is 16.9. The van der Waals surface area contributed by atoms with Crippen molar-refractivity contribution in [2.75, 3.05) is 6.61 Å². The second kappa shape index (κ2) is 10.8. The molecule has 1 saturated carbocycles. The number of carbonyl (C=O) groups is 3. The summed E-state index contributed by atoms with van der Waals surface area (Å²) < 4.78 is 5.58. The zero-order valence-corrected chi connectivity index (χ0v) is 19.8. The molecule has 0 spiro atoms. The Balaban J connectivity index is 1.42. The summed E-state index contributed by atoms with van der Waals surface area (Å²) in [5, 5.41) is 14.8. The molecule has 0 radical (unpaired) electrons. The second-order valence-corrected chi connectivity index (χ2v) is 9.42. The lowest BCUT2D eigenvalue weighted by Crippen LogP contribution is -2.54. The van der Waals surface area contributed by atoms with E-state index < -0.39 is 18.1 Å². The first-order valence-electron chi connectivity index (χ1n) is 12.2. The molecule has 7 nitrogen and oxygen atoms in total. The molecule has 184 valence electrons.